The minimum atomic E-state index is 0.172. The molecule has 2 atom stereocenters. The van der Waals surface area contributed by atoms with Gasteiger partial charge in [0.1, 0.15) is 5.75 Å². The van der Waals surface area contributed by atoms with Gasteiger partial charge >= 0.3 is 0 Å². The highest BCUT2D eigenvalue weighted by molar-refractivity contribution is 5.45. The molecule has 0 aliphatic heterocycles. The minimum absolute atomic E-state index is 0.172. The Morgan fingerprint density at radius 1 is 1.14 bits per heavy atom. The molecular weight excluding hydrogens is 262 g/mol. The molecular formula is C18H31NO2. The fourth-order valence-electron chi connectivity index (χ4n) is 2.99. The van der Waals surface area contributed by atoms with Crippen molar-refractivity contribution in [3.05, 3.63) is 28.8 Å². The quantitative estimate of drug-likeness (QED) is 0.741. The molecule has 0 aliphatic carbocycles. The Bertz CT molecular complexity index is 425. The monoisotopic (exact) mass is 293 g/mol. The summed E-state index contributed by atoms with van der Waals surface area (Å²) in [6, 6.07) is 4.50. The molecule has 0 aliphatic rings. The van der Waals surface area contributed by atoms with Gasteiger partial charge in [-0.3, -0.25) is 0 Å². The molecule has 0 amide bonds. The van der Waals surface area contributed by atoms with E-state index in [9.17, 15) is 0 Å². The van der Waals surface area contributed by atoms with E-state index in [1.165, 1.54) is 16.7 Å². The molecule has 0 saturated carbocycles. The second kappa shape index (κ2) is 9.06. The Labute approximate surface area is 130 Å². The van der Waals surface area contributed by atoms with Gasteiger partial charge in [0, 0.05) is 12.2 Å². The molecule has 1 aromatic carbocycles. The molecule has 0 spiro atoms. The zero-order valence-corrected chi connectivity index (χ0v) is 14.5. The van der Waals surface area contributed by atoms with E-state index in [0.717, 1.165) is 31.7 Å². The van der Waals surface area contributed by atoms with Crippen LogP contribution >= 0.6 is 0 Å². The molecule has 0 aromatic heterocycles. The van der Waals surface area contributed by atoms with E-state index in [1.54, 1.807) is 7.11 Å². The maximum atomic E-state index is 6.02. The fourth-order valence-corrected chi connectivity index (χ4v) is 2.99. The normalized spacial score (nSPS) is 14.0. The van der Waals surface area contributed by atoms with Gasteiger partial charge in [0.15, 0.2) is 0 Å². The first kappa shape index (κ1) is 18.0. The number of hydrogen-bond donors (Lipinski definition) is 1. The summed E-state index contributed by atoms with van der Waals surface area (Å²) in [6.45, 7) is 12.3. The van der Waals surface area contributed by atoms with Crippen LogP contribution in [0.3, 0.4) is 0 Å². The zero-order valence-electron chi connectivity index (χ0n) is 14.5. The number of likely N-dealkylation sites (N-methyl/N-ethyl adjacent to an activating group) is 1. The smallest absolute Gasteiger partial charge is 0.124 e. The Morgan fingerprint density at radius 2 is 1.86 bits per heavy atom. The highest BCUT2D eigenvalue weighted by atomic mass is 16.5. The van der Waals surface area contributed by atoms with Gasteiger partial charge in [-0.1, -0.05) is 26.3 Å². The molecule has 0 heterocycles. The zero-order chi connectivity index (χ0) is 15.8. The molecule has 1 N–H and O–H groups in total. The van der Waals surface area contributed by atoms with Crippen molar-refractivity contribution in [1.29, 1.82) is 0 Å². The standard InChI is InChI=1S/C18H31NO2/c1-7-10-15(21-9-3)18(19-8-2)17-14(5)11-13(4)12-16(17)20-6/h11-12,15,18-19H,7-10H2,1-6H3. The van der Waals surface area contributed by atoms with Crippen LogP contribution in [0.5, 0.6) is 5.75 Å². The second-order valence-electron chi connectivity index (χ2n) is 5.52. The lowest BCUT2D eigenvalue weighted by Gasteiger charge is -2.30. The van der Waals surface area contributed by atoms with Crippen molar-refractivity contribution < 1.29 is 9.47 Å². The number of aryl methyl sites for hydroxylation is 2. The van der Waals surface area contributed by atoms with Crippen molar-refractivity contribution in [1.82, 2.24) is 5.32 Å². The van der Waals surface area contributed by atoms with E-state index < -0.39 is 0 Å². The predicted octanol–water partition coefficient (Wildman–Crippen LogP) is 4.17. The van der Waals surface area contributed by atoms with Crippen LogP contribution in [0.25, 0.3) is 0 Å². The average molecular weight is 293 g/mol. The maximum Gasteiger partial charge on any atom is 0.124 e. The SMILES string of the molecule is CCCC(OCC)C(NCC)c1c(C)cc(C)cc1OC. The van der Waals surface area contributed by atoms with E-state index in [-0.39, 0.29) is 12.1 Å². The van der Waals surface area contributed by atoms with E-state index in [4.69, 9.17) is 9.47 Å². The fraction of sp³-hybridized carbons (Fsp3) is 0.667. The van der Waals surface area contributed by atoms with Gasteiger partial charge in [0.05, 0.1) is 19.3 Å². The van der Waals surface area contributed by atoms with Gasteiger partial charge in [0.25, 0.3) is 0 Å². The molecule has 3 nitrogen and oxygen atoms in total. The van der Waals surface area contributed by atoms with Gasteiger partial charge in [-0.15, -0.1) is 0 Å². The Balaban J connectivity index is 3.25. The van der Waals surface area contributed by atoms with Gasteiger partial charge in [0.2, 0.25) is 0 Å². The van der Waals surface area contributed by atoms with Crippen molar-refractivity contribution in [2.24, 2.45) is 0 Å². The first-order valence-corrected chi connectivity index (χ1v) is 8.09. The average Bonchev–Trinajstić information content (AvgIpc) is 2.44. The summed E-state index contributed by atoms with van der Waals surface area (Å²) in [5, 5.41) is 3.60. The molecule has 1 aromatic rings. The first-order chi connectivity index (χ1) is 10.1. The molecule has 2 unspecified atom stereocenters. The number of ether oxygens (including phenoxy) is 2. The minimum Gasteiger partial charge on any atom is -0.496 e. The summed E-state index contributed by atoms with van der Waals surface area (Å²) < 4.78 is 11.7. The van der Waals surface area contributed by atoms with Crippen LogP contribution in [0.2, 0.25) is 0 Å². The Kier molecular flexibility index (Phi) is 7.76. The van der Waals surface area contributed by atoms with Crippen molar-refractivity contribution in [3.8, 4) is 5.75 Å². The molecule has 0 radical (unpaired) electrons. The number of benzene rings is 1. The number of methoxy groups -OCH3 is 1. The first-order valence-electron chi connectivity index (χ1n) is 8.09. The van der Waals surface area contributed by atoms with Crippen LogP contribution in [0.15, 0.2) is 12.1 Å². The van der Waals surface area contributed by atoms with Crippen LogP contribution < -0.4 is 10.1 Å². The van der Waals surface area contributed by atoms with Crippen LogP contribution in [-0.2, 0) is 4.74 Å². The van der Waals surface area contributed by atoms with Crippen molar-refractivity contribution >= 4 is 0 Å². The van der Waals surface area contributed by atoms with Crippen LogP contribution in [0.1, 0.15) is 56.3 Å². The lowest BCUT2D eigenvalue weighted by molar-refractivity contribution is 0.0272. The third-order valence-electron chi connectivity index (χ3n) is 3.77. The Hall–Kier alpha value is -1.06. The summed E-state index contributed by atoms with van der Waals surface area (Å²) in [5.41, 5.74) is 3.72. The summed E-state index contributed by atoms with van der Waals surface area (Å²) >= 11 is 0. The summed E-state index contributed by atoms with van der Waals surface area (Å²) in [7, 11) is 1.75. The maximum absolute atomic E-state index is 6.02. The van der Waals surface area contributed by atoms with E-state index in [1.807, 2.05) is 0 Å². The largest absolute Gasteiger partial charge is 0.496 e. The van der Waals surface area contributed by atoms with Crippen molar-refractivity contribution in [3.63, 3.8) is 0 Å². The van der Waals surface area contributed by atoms with E-state index >= 15 is 0 Å². The second-order valence-corrected chi connectivity index (χ2v) is 5.52. The Morgan fingerprint density at radius 3 is 2.38 bits per heavy atom. The predicted molar refractivity (Wildman–Crippen MR) is 89.2 cm³/mol. The lowest BCUT2D eigenvalue weighted by Crippen LogP contribution is -2.34. The van der Waals surface area contributed by atoms with Crippen molar-refractivity contribution in [2.75, 3.05) is 20.3 Å². The molecule has 1 rings (SSSR count). The summed E-state index contributed by atoms with van der Waals surface area (Å²) in [4.78, 5) is 0. The van der Waals surface area contributed by atoms with Gasteiger partial charge in [-0.25, -0.2) is 0 Å². The van der Waals surface area contributed by atoms with Crippen LogP contribution in [0, 0.1) is 13.8 Å². The highest BCUT2D eigenvalue weighted by Crippen LogP contribution is 2.34. The number of rotatable bonds is 9. The van der Waals surface area contributed by atoms with Crippen molar-refractivity contribution in [2.45, 2.75) is 59.6 Å². The summed E-state index contributed by atoms with van der Waals surface area (Å²) in [5.74, 6) is 0.958. The molecule has 120 valence electrons. The highest BCUT2D eigenvalue weighted by Gasteiger charge is 2.26. The van der Waals surface area contributed by atoms with Gasteiger partial charge in [-0.05, 0) is 50.9 Å². The van der Waals surface area contributed by atoms with Gasteiger partial charge < -0.3 is 14.8 Å². The number of hydrogen-bond acceptors (Lipinski definition) is 3. The molecule has 3 heteroatoms. The number of nitrogens with one attached hydrogen (secondary N) is 1. The lowest BCUT2D eigenvalue weighted by atomic mass is 9.92. The molecule has 0 fully saturated rings. The van der Waals surface area contributed by atoms with Crippen LogP contribution in [-0.4, -0.2) is 26.4 Å². The van der Waals surface area contributed by atoms with E-state index in [2.05, 4.69) is 52.1 Å². The topological polar surface area (TPSA) is 30.5 Å². The molecule has 0 saturated heterocycles. The van der Waals surface area contributed by atoms with E-state index in [0.29, 0.717) is 0 Å². The third kappa shape index (κ3) is 4.72. The molecule has 21 heavy (non-hydrogen) atoms. The summed E-state index contributed by atoms with van der Waals surface area (Å²) in [6.07, 6.45) is 2.33. The van der Waals surface area contributed by atoms with Crippen LogP contribution in [0.4, 0.5) is 0 Å². The third-order valence-corrected chi connectivity index (χ3v) is 3.77. The van der Waals surface area contributed by atoms with Gasteiger partial charge in [-0.2, -0.15) is 0 Å². The molecule has 0 bridgehead atoms.